The van der Waals surface area contributed by atoms with Gasteiger partial charge in [0.2, 0.25) is 0 Å². The van der Waals surface area contributed by atoms with Crippen LogP contribution in [0.4, 0.5) is 68.2 Å². The first kappa shape index (κ1) is 42.3. The molecule has 0 fully saturated rings. The Morgan fingerprint density at radius 3 is 1.19 bits per heavy atom. The number of hydrogen-bond donors (Lipinski definition) is 0. The number of benzene rings is 9. The van der Waals surface area contributed by atoms with Gasteiger partial charge in [-0.2, -0.15) is 0 Å². The summed E-state index contributed by atoms with van der Waals surface area (Å²) in [5.74, 6) is 1.69. The number of furan rings is 1. The Balaban J connectivity index is 1.10. The van der Waals surface area contributed by atoms with Gasteiger partial charge in [-0.15, -0.1) is 0 Å². The minimum absolute atomic E-state index is 0.0470. The van der Waals surface area contributed by atoms with Crippen molar-refractivity contribution in [3.63, 3.8) is 0 Å². The van der Waals surface area contributed by atoms with Crippen LogP contribution in [0.25, 0.3) is 22.6 Å². The van der Waals surface area contributed by atoms with Gasteiger partial charge in [-0.25, -0.2) is 0 Å². The van der Waals surface area contributed by atoms with E-state index < -0.39 is 0 Å². The molecule has 1 aromatic heterocycles. The minimum Gasteiger partial charge on any atom is -0.452 e. The van der Waals surface area contributed by atoms with E-state index in [1.807, 2.05) is 0 Å². The maximum Gasteiger partial charge on any atom is 0.252 e. The van der Waals surface area contributed by atoms with E-state index in [0.717, 1.165) is 45.4 Å². The molecule has 6 heterocycles. The topological polar surface area (TPSA) is 26.1 Å². The lowest BCUT2D eigenvalue weighted by Crippen LogP contribution is -2.65. The number of rotatable bonds is 4. The smallest absolute Gasteiger partial charge is 0.252 e. The van der Waals surface area contributed by atoms with Gasteiger partial charge in [0.1, 0.15) is 11.4 Å². The first-order valence-electron chi connectivity index (χ1n) is 25.8. The van der Waals surface area contributed by atoms with Crippen LogP contribution in [0, 0.1) is 0 Å². The summed E-state index contributed by atoms with van der Waals surface area (Å²) in [6.07, 6.45) is 0. The first-order valence-corrected chi connectivity index (χ1v) is 25.8. The van der Waals surface area contributed by atoms with Crippen LogP contribution in [-0.4, -0.2) is 13.4 Å². The highest BCUT2D eigenvalue weighted by molar-refractivity contribution is 7.02. The lowest BCUT2D eigenvalue weighted by Gasteiger charge is -2.51. The van der Waals surface area contributed by atoms with Crippen molar-refractivity contribution in [1.29, 1.82) is 0 Å². The van der Waals surface area contributed by atoms with Gasteiger partial charge in [-0.1, -0.05) is 187 Å². The molecule has 0 unspecified atom stereocenters. The second-order valence-corrected chi connectivity index (χ2v) is 22.5. The summed E-state index contributed by atoms with van der Waals surface area (Å²) in [5, 5.41) is 0. The maximum atomic E-state index is 7.58. The van der Waals surface area contributed by atoms with Crippen LogP contribution in [0.3, 0.4) is 0 Å². The molecule has 73 heavy (non-hydrogen) atoms. The summed E-state index contributed by atoms with van der Waals surface area (Å²) in [6.45, 7) is 13.9. The largest absolute Gasteiger partial charge is 0.452 e. The summed E-state index contributed by atoms with van der Waals surface area (Å²) < 4.78 is 7.58. The van der Waals surface area contributed by atoms with Gasteiger partial charge in [0.05, 0.1) is 11.4 Å². The molecule has 7 heteroatoms. The van der Waals surface area contributed by atoms with Crippen molar-refractivity contribution in [2.45, 2.75) is 52.4 Å². The highest BCUT2D eigenvalue weighted by atomic mass is 16.3. The number of nitrogens with zero attached hydrogens (tertiary/aromatic N) is 4. The van der Waals surface area contributed by atoms with Gasteiger partial charge in [0, 0.05) is 56.6 Å². The van der Waals surface area contributed by atoms with E-state index in [1.165, 1.54) is 89.4 Å². The van der Waals surface area contributed by atoms with E-state index in [1.54, 1.807) is 0 Å². The molecule has 5 nitrogen and oxygen atoms in total. The summed E-state index contributed by atoms with van der Waals surface area (Å²) in [7, 11) is 0. The van der Waals surface area contributed by atoms with Gasteiger partial charge in [0.15, 0.2) is 11.5 Å². The Bertz CT molecular complexity index is 3910. The molecule has 0 spiro atoms. The molecular weight excluding hydrogens is 886 g/mol. The number of fused-ring (bicyclic) bond motifs is 11. The molecule has 0 atom stereocenters. The molecule has 9 aromatic carbocycles. The zero-order valence-electron chi connectivity index (χ0n) is 42.0. The fourth-order valence-electron chi connectivity index (χ4n) is 12.9. The molecule has 0 bridgehead atoms. The highest BCUT2D eigenvalue weighted by Crippen LogP contribution is 2.63. The van der Waals surface area contributed by atoms with E-state index in [4.69, 9.17) is 4.42 Å². The van der Waals surface area contributed by atoms with Crippen molar-refractivity contribution in [1.82, 2.24) is 0 Å². The normalized spacial score (nSPS) is 14.3. The molecule has 0 saturated heterocycles. The fourth-order valence-corrected chi connectivity index (χ4v) is 12.9. The predicted molar refractivity (Wildman–Crippen MR) is 309 cm³/mol. The second kappa shape index (κ2) is 15.1. The standard InChI is InChI=1S/C66H52B2N4O/c1-65(2,3)43-34-38-51-50(39-43)68-49-37-36-48-59-60(49)72(55-32-19-29-52(58(55)68)69(51)45-25-15-9-16-26-45)62-61(63(41-21-11-7-12-22-41)73-64(62)42-23-13-8-14-24-42)71(59)54-31-20-30-53-57(54)67(48)47-35-33-44(66(4,5)6)40-56(47)70(53)46-27-17-10-18-28-46/h7-40H,1-6H3. The van der Waals surface area contributed by atoms with Gasteiger partial charge in [0.25, 0.3) is 13.4 Å². The predicted octanol–water partition coefficient (Wildman–Crippen LogP) is 13.7. The third kappa shape index (κ3) is 5.88. The molecule has 5 aliphatic heterocycles. The third-order valence-corrected chi connectivity index (χ3v) is 16.2. The number of hydrogen-bond acceptors (Lipinski definition) is 5. The number of para-hydroxylation sites is 2. The van der Waals surface area contributed by atoms with E-state index in [9.17, 15) is 0 Å². The molecule has 0 radical (unpaired) electrons. The zero-order valence-corrected chi connectivity index (χ0v) is 42.0. The molecule has 0 saturated carbocycles. The van der Waals surface area contributed by atoms with E-state index in [0.29, 0.717) is 0 Å². The lowest BCUT2D eigenvalue weighted by molar-refractivity contribution is 0.590. The van der Waals surface area contributed by atoms with Crippen LogP contribution >= 0.6 is 0 Å². The van der Waals surface area contributed by atoms with Crippen molar-refractivity contribution in [3.8, 4) is 22.6 Å². The quantitative estimate of drug-likeness (QED) is 0.164. The van der Waals surface area contributed by atoms with E-state index >= 15 is 0 Å². The van der Waals surface area contributed by atoms with Crippen LogP contribution in [0.2, 0.25) is 0 Å². The molecule has 348 valence electrons. The third-order valence-electron chi connectivity index (χ3n) is 16.2. The monoisotopic (exact) mass is 938 g/mol. The average molecular weight is 939 g/mol. The second-order valence-electron chi connectivity index (χ2n) is 22.5. The average Bonchev–Trinajstić information content (AvgIpc) is 3.83. The Morgan fingerprint density at radius 1 is 0.315 bits per heavy atom. The van der Waals surface area contributed by atoms with E-state index in [2.05, 4.69) is 267 Å². The summed E-state index contributed by atoms with van der Waals surface area (Å²) in [6, 6.07) is 76.9. The van der Waals surface area contributed by atoms with Crippen molar-refractivity contribution < 1.29 is 4.42 Å². The molecule has 0 N–H and O–H groups in total. The molecule has 0 aliphatic carbocycles. The molecule has 10 aromatic rings. The van der Waals surface area contributed by atoms with Crippen molar-refractivity contribution in [2.75, 3.05) is 19.6 Å². The van der Waals surface area contributed by atoms with Crippen LogP contribution in [0.15, 0.2) is 211 Å². The van der Waals surface area contributed by atoms with Crippen LogP contribution in [0.1, 0.15) is 52.7 Å². The van der Waals surface area contributed by atoms with Gasteiger partial charge < -0.3 is 24.0 Å². The van der Waals surface area contributed by atoms with E-state index in [-0.39, 0.29) is 24.3 Å². The molecular formula is C66H52B2N4O. The van der Waals surface area contributed by atoms with Gasteiger partial charge in [-0.3, -0.25) is 0 Å². The van der Waals surface area contributed by atoms with Crippen LogP contribution < -0.4 is 52.4 Å². The van der Waals surface area contributed by atoms with Crippen molar-refractivity contribution in [3.05, 3.63) is 217 Å². The minimum atomic E-state index is -0.0611. The zero-order chi connectivity index (χ0) is 49.1. The summed E-state index contributed by atoms with van der Waals surface area (Å²) >= 11 is 0. The summed E-state index contributed by atoms with van der Waals surface area (Å²) in [4.78, 5) is 10.3. The van der Waals surface area contributed by atoms with Crippen molar-refractivity contribution >= 4 is 114 Å². The SMILES string of the molecule is CC(C)(C)c1ccc2c(c1)B1c3ccc4c5c3N(c3cccc(c31)N2c1ccccc1)c1c(-c2ccccc2)oc(-c2ccccc2)c1N5c1cccc2c1B4c1ccc(C(C)(C)C)cc1N2c1ccccc1. The summed E-state index contributed by atoms with van der Waals surface area (Å²) in [5.41, 5.74) is 26.4. The Morgan fingerprint density at radius 2 is 0.712 bits per heavy atom. The first-order chi connectivity index (χ1) is 35.5. The molecule has 0 amide bonds. The Hall–Kier alpha value is -8.41. The van der Waals surface area contributed by atoms with Crippen LogP contribution in [0.5, 0.6) is 0 Å². The maximum absolute atomic E-state index is 7.58. The van der Waals surface area contributed by atoms with Gasteiger partial charge >= 0.3 is 0 Å². The lowest BCUT2D eigenvalue weighted by atomic mass is 9.30. The fraction of sp³-hybridized carbons (Fsp3) is 0.121. The van der Waals surface area contributed by atoms with Crippen LogP contribution in [-0.2, 0) is 10.8 Å². The number of anilines is 12. The molecule has 15 rings (SSSR count). The Kier molecular flexibility index (Phi) is 8.73. The molecule has 5 aliphatic rings. The van der Waals surface area contributed by atoms with Gasteiger partial charge in [-0.05, 0) is 115 Å². The Labute approximate surface area is 428 Å². The highest BCUT2D eigenvalue weighted by Gasteiger charge is 2.54. The van der Waals surface area contributed by atoms with Crippen molar-refractivity contribution in [2.24, 2.45) is 0 Å².